The van der Waals surface area contributed by atoms with Crippen LogP contribution >= 0.6 is 0 Å². The molecule has 2 aromatic carbocycles. The van der Waals surface area contributed by atoms with Crippen molar-refractivity contribution >= 4 is 12.0 Å². The fraction of sp³-hybridized carbons (Fsp3) is 0. The minimum atomic E-state index is -0.562. The number of hydrogen-bond acceptors (Lipinski definition) is 4. The number of nitrogens with two attached hydrogens (primary N) is 1. The molecule has 0 heterocycles. The smallest absolute Gasteiger partial charge is 0.241 e. The zero-order valence-corrected chi connectivity index (χ0v) is 10.6. The van der Waals surface area contributed by atoms with Gasteiger partial charge in [0.05, 0.1) is 0 Å². The van der Waals surface area contributed by atoms with Crippen molar-refractivity contribution < 1.29 is 20.1 Å². The van der Waals surface area contributed by atoms with Crippen molar-refractivity contribution in [2.75, 3.05) is 0 Å². The third-order valence-corrected chi connectivity index (χ3v) is 2.20. The van der Waals surface area contributed by atoms with Crippen LogP contribution in [0.15, 0.2) is 54.6 Å². The van der Waals surface area contributed by atoms with Gasteiger partial charge in [0, 0.05) is 6.08 Å². The molecule has 5 nitrogen and oxygen atoms in total. The van der Waals surface area contributed by atoms with Gasteiger partial charge in [-0.2, -0.15) is 0 Å². The normalized spacial score (nSPS) is 9.80. The van der Waals surface area contributed by atoms with E-state index in [2.05, 4.69) is 0 Å². The molecule has 0 bridgehead atoms. The molecule has 0 saturated heterocycles. The lowest BCUT2D eigenvalue weighted by atomic mass is 10.2. The van der Waals surface area contributed by atoms with E-state index in [0.717, 1.165) is 0 Å². The first-order valence-corrected chi connectivity index (χ1v) is 5.72. The quantitative estimate of drug-likeness (QED) is 0.496. The number of para-hydroxylation sites is 1. The molecule has 5 N–H and O–H groups in total. The summed E-state index contributed by atoms with van der Waals surface area (Å²) in [5.41, 5.74) is 5.46. The number of hydrogen-bond donors (Lipinski definition) is 4. The largest absolute Gasteiger partial charge is 0.508 e. The minimum Gasteiger partial charge on any atom is -0.508 e. The van der Waals surface area contributed by atoms with E-state index in [1.807, 2.05) is 6.07 Å². The molecule has 0 aliphatic heterocycles. The van der Waals surface area contributed by atoms with Crippen LogP contribution in [-0.2, 0) is 4.79 Å². The first kappa shape index (κ1) is 15.1. The van der Waals surface area contributed by atoms with Gasteiger partial charge in [0.25, 0.3) is 0 Å². The molecule has 104 valence electrons. The minimum absolute atomic E-state index is 0.198. The van der Waals surface area contributed by atoms with Gasteiger partial charge >= 0.3 is 0 Å². The lowest BCUT2D eigenvalue weighted by molar-refractivity contribution is -0.113. The summed E-state index contributed by atoms with van der Waals surface area (Å²) < 4.78 is 0. The maximum atomic E-state index is 10.3. The molecule has 0 aliphatic rings. The van der Waals surface area contributed by atoms with Crippen LogP contribution in [0.4, 0.5) is 0 Å². The summed E-state index contributed by atoms with van der Waals surface area (Å²) in [5, 5.41) is 26.7. The highest BCUT2D eigenvalue weighted by Gasteiger charge is 1.97. The third kappa shape index (κ3) is 5.59. The monoisotopic (exact) mass is 273 g/mol. The molecule has 20 heavy (non-hydrogen) atoms. The number of primary amides is 1. The summed E-state index contributed by atoms with van der Waals surface area (Å²) in [6.07, 6.45) is 2.62. The van der Waals surface area contributed by atoms with E-state index in [9.17, 15) is 4.79 Å². The molecule has 0 aliphatic carbocycles. The third-order valence-electron chi connectivity index (χ3n) is 2.20. The number of phenolic OH excluding ortho intramolecular Hbond substituents is 3. The molecule has 0 fully saturated rings. The highest BCUT2D eigenvalue weighted by atomic mass is 16.3. The molecule has 0 aromatic heterocycles. The van der Waals surface area contributed by atoms with Gasteiger partial charge < -0.3 is 21.1 Å². The van der Waals surface area contributed by atoms with Gasteiger partial charge in [0.15, 0.2) is 11.5 Å². The van der Waals surface area contributed by atoms with Crippen molar-refractivity contribution in [2.45, 2.75) is 0 Å². The van der Waals surface area contributed by atoms with E-state index < -0.39 is 5.91 Å². The van der Waals surface area contributed by atoms with Crippen LogP contribution in [0.2, 0.25) is 0 Å². The molecule has 1 amide bonds. The molecule has 0 radical (unpaired) electrons. The average molecular weight is 273 g/mol. The van der Waals surface area contributed by atoms with Gasteiger partial charge in [-0.15, -0.1) is 0 Å². The van der Waals surface area contributed by atoms with E-state index in [1.54, 1.807) is 30.3 Å². The van der Waals surface area contributed by atoms with Crippen molar-refractivity contribution in [3.05, 3.63) is 60.2 Å². The van der Waals surface area contributed by atoms with E-state index in [4.69, 9.17) is 21.1 Å². The Labute approximate surface area is 116 Å². The molecule has 5 heteroatoms. The van der Waals surface area contributed by atoms with Gasteiger partial charge in [-0.1, -0.05) is 24.3 Å². The Balaban J connectivity index is 0.000000240. The Hall–Kier alpha value is -2.95. The van der Waals surface area contributed by atoms with Crippen LogP contribution in [0, 0.1) is 0 Å². The fourth-order valence-corrected chi connectivity index (χ4v) is 1.25. The van der Waals surface area contributed by atoms with Crippen molar-refractivity contribution in [3.63, 3.8) is 0 Å². The summed E-state index contributed by atoms with van der Waals surface area (Å²) in [5.74, 6) is -0.669. The fourth-order valence-electron chi connectivity index (χ4n) is 1.25. The number of benzene rings is 2. The van der Waals surface area contributed by atoms with Crippen LogP contribution in [-0.4, -0.2) is 21.2 Å². The Morgan fingerprint density at radius 1 is 0.950 bits per heavy atom. The number of phenols is 3. The predicted molar refractivity (Wildman–Crippen MR) is 76.1 cm³/mol. The highest BCUT2D eigenvalue weighted by Crippen LogP contribution is 2.25. The summed E-state index contributed by atoms with van der Waals surface area (Å²) in [4.78, 5) is 10.3. The SMILES string of the molecule is NC(=O)/C=C/c1ccc(O)c(O)c1.Oc1ccccc1. The number of amides is 1. The summed E-state index contributed by atoms with van der Waals surface area (Å²) in [6.45, 7) is 0. The standard InChI is InChI=1S/C9H9NO3.C6H6O/c10-9(13)4-2-6-1-3-7(11)8(12)5-6;7-6-4-2-1-3-5-6/h1-5,11-12H,(H2,10,13);1-5,7H/b4-2+;. The van der Waals surface area contributed by atoms with Gasteiger partial charge in [0.2, 0.25) is 5.91 Å². The predicted octanol–water partition coefficient (Wildman–Crippen LogP) is 1.99. The Morgan fingerprint density at radius 2 is 1.60 bits per heavy atom. The summed E-state index contributed by atoms with van der Waals surface area (Å²) in [6, 6.07) is 12.9. The van der Waals surface area contributed by atoms with Crippen molar-refractivity contribution in [3.8, 4) is 17.2 Å². The van der Waals surface area contributed by atoms with Gasteiger partial charge in [-0.3, -0.25) is 4.79 Å². The molecular weight excluding hydrogens is 258 g/mol. The Bertz CT molecular complexity index is 594. The number of rotatable bonds is 2. The average Bonchev–Trinajstić information content (AvgIpc) is 2.42. The van der Waals surface area contributed by atoms with Crippen LogP contribution in [0.3, 0.4) is 0 Å². The second kappa shape index (κ2) is 7.48. The van der Waals surface area contributed by atoms with E-state index in [1.165, 1.54) is 24.3 Å². The zero-order valence-electron chi connectivity index (χ0n) is 10.6. The van der Waals surface area contributed by atoms with Crippen LogP contribution in [0.1, 0.15) is 5.56 Å². The van der Waals surface area contributed by atoms with Gasteiger partial charge in [0.1, 0.15) is 5.75 Å². The van der Waals surface area contributed by atoms with E-state index in [0.29, 0.717) is 11.3 Å². The number of carbonyl (C=O) groups excluding carboxylic acids is 1. The van der Waals surface area contributed by atoms with Crippen molar-refractivity contribution in [1.29, 1.82) is 0 Å². The maximum Gasteiger partial charge on any atom is 0.241 e. The molecule has 0 unspecified atom stereocenters. The summed E-state index contributed by atoms with van der Waals surface area (Å²) in [7, 11) is 0. The van der Waals surface area contributed by atoms with Gasteiger partial charge in [-0.05, 0) is 35.9 Å². The van der Waals surface area contributed by atoms with Crippen LogP contribution in [0.25, 0.3) is 6.08 Å². The summed E-state index contributed by atoms with van der Waals surface area (Å²) >= 11 is 0. The molecular formula is C15H15NO4. The first-order valence-electron chi connectivity index (χ1n) is 5.72. The van der Waals surface area contributed by atoms with Crippen molar-refractivity contribution in [1.82, 2.24) is 0 Å². The second-order valence-corrected chi connectivity index (χ2v) is 3.82. The maximum absolute atomic E-state index is 10.3. The number of aromatic hydroxyl groups is 3. The van der Waals surface area contributed by atoms with E-state index >= 15 is 0 Å². The van der Waals surface area contributed by atoms with Crippen molar-refractivity contribution in [2.24, 2.45) is 5.73 Å². The Morgan fingerprint density at radius 3 is 2.05 bits per heavy atom. The zero-order chi connectivity index (χ0) is 15.0. The first-order chi connectivity index (χ1) is 9.49. The van der Waals surface area contributed by atoms with Gasteiger partial charge in [-0.25, -0.2) is 0 Å². The van der Waals surface area contributed by atoms with Crippen LogP contribution < -0.4 is 5.73 Å². The molecule has 2 aromatic rings. The Kier molecular flexibility index (Phi) is 5.65. The molecule has 2 rings (SSSR count). The topological polar surface area (TPSA) is 104 Å². The van der Waals surface area contributed by atoms with E-state index in [-0.39, 0.29) is 11.5 Å². The highest BCUT2D eigenvalue weighted by molar-refractivity contribution is 5.90. The lowest BCUT2D eigenvalue weighted by Gasteiger charge is -1.97. The van der Waals surface area contributed by atoms with Crippen LogP contribution in [0.5, 0.6) is 17.2 Å². The second-order valence-electron chi connectivity index (χ2n) is 3.82. The molecule has 0 spiro atoms. The molecule has 0 atom stereocenters. The lowest BCUT2D eigenvalue weighted by Crippen LogP contribution is -2.04. The number of carbonyl (C=O) groups is 1. The molecule has 0 saturated carbocycles.